The fourth-order valence-electron chi connectivity index (χ4n) is 2.20. The Bertz CT molecular complexity index is 582. The summed E-state index contributed by atoms with van der Waals surface area (Å²) in [4.78, 5) is 2.22. The summed E-state index contributed by atoms with van der Waals surface area (Å²) >= 11 is 7.05. The second kappa shape index (κ2) is 6.74. The van der Waals surface area contributed by atoms with Crippen molar-refractivity contribution in [3.63, 3.8) is 0 Å². The van der Waals surface area contributed by atoms with Crippen molar-refractivity contribution in [2.45, 2.75) is 13.0 Å². The van der Waals surface area contributed by atoms with Crippen molar-refractivity contribution in [1.82, 2.24) is 0 Å². The summed E-state index contributed by atoms with van der Waals surface area (Å²) in [6.45, 7) is 2.66. The van der Waals surface area contributed by atoms with Crippen LogP contribution < -0.4 is 10.6 Å². The summed E-state index contributed by atoms with van der Waals surface area (Å²) in [7, 11) is 2.08. The first-order chi connectivity index (χ1) is 9.52. The van der Waals surface area contributed by atoms with E-state index in [1.165, 1.54) is 16.8 Å². The van der Waals surface area contributed by atoms with Crippen LogP contribution in [0.25, 0.3) is 0 Å². The summed E-state index contributed by atoms with van der Waals surface area (Å²) in [6.07, 6.45) is 0. The Labute approximate surface area is 137 Å². The molecule has 2 aromatic rings. The number of halogens is 2. The van der Waals surface area contributed by atoms with Gasteiger partial charge in [-0.2, -0.15) is 0 Å². The Morgan fingerprint density at radius 2 is 1.70 bits per heavy atom. The first kappa shape index (κ1) is 15.5. The van der Waals surface area contributed by atoms with Gasteiger partial charge in [0.2, 0.25) is 0 Å². The maximum Gasteiger partial charge on any atom is 0.0661 e. The van der Waals surface area contributed by atoms with Gasteiger partial charge in [-0.1, -0.05) is 23.8 Å². The monoisotopic (exact) mass is 396 g/mol. The smallest absolute Gasteiger partial charge is 0.0661 e. The van der Waals surface area contributed by atoms with Crippen LogP contribution in [0.4, 0.5) is 5.69 Å². The average Bonchev–Trinajstić information content (AvgIpc) is 2.44. The molecule has 0 radical (unpaired) electrons. The molecule has 0 aliphatic carbocycles. The molecular weight excluding hydrogens is 380 g/mol. The molecule has 1 atom stereocenters. The van der Waals surface area contributed by atoms with E-state index >= 15 is 0 Å². The van der Waals surface area contributed by atoms with E-state index in [4.69, 9.17) is 5.73 Å². The van der Waals surface area contributed by atoms with Crippen molar-refractivity contribution in [2.75, 3.05) is 18.5 Å². The van der Waals surface area contributed by atoms with Crippen molar-refractivity contribution < 1.29 is 0 Å². The standard InChI is InChI=1S/C16H18Br2N2/c1-11-3-6-13(7-4-11)20(2)16(10-19)12-5-8-14(17)15(18)9-12/h3-9,16H,10,19H2,1-2H3. The maximum absolute atomic E-state index is 5.99. The molecule has 0 aromatic heterocycles. The lowest BCUT2D eigenvalue weighted by Crippen LogP contribution is -2.30. The van der Waals surface area contributed by atoms with Crippen LogP contribution in [0.15, 0.2) is 51.4 Å². The molecule has 106 valence electrons. The molecule has 0 saturated heterocycles. The molecule has 2 nitrogen and oxygen atoms in total. The lowest BCUT2D eigenvalue weighted by molar-refractivity contribution is 0.680. The van der Waals surface area contributed by atoms with Crippen LogP contribution in [-0.2, 0) is 0 Å². The van der Waals surface area contributed by atoms with E-state index in [1.54, 1.807) is 0 Å². The van der Waals surface area contributed by atoms with Crippen LogP contribution in [0.3, 0.4) is 0 Å². The van der Waals surface area contributed by atoms with Gasteiger partial charge in [-0.3, -0.25) is 0 Å². The van der Waals surface area contributed by atoms with Gasteiger partial charge >= 0.3 is 0 Å². The van der Waals surface area contributed by atoms with E-state index in [1.807, 2.05) is 6.07 Å². The van der Waals surface area contributed by atoms with Crippen LogP contribution in [-0.4, -0.2) is 13.6 Å². The zero-order chi connectivity index (χ0) is 14.7. The van der Waals surface area contributed by atoms with Crippen LogP contribution in [0.1, 0.15) is 17.2 Å². The second-order valence-electron chi connectivity index (χ2n) is 4.87. The number of hydrogen-bond acceptors (Lipinski definition) is 2. The van der Waals surface area contributed by atoms with Gasteiger partial charge < -0.3 is 10.6 Å². The van der Waals surface area contributed by atoms with E-state index < -0.39 is 0 Å². The van der Waals surface area contributed by atoms with E-state index in [-0.39, 0.29) is 6.04 Å². The highest BCUT2D eigenvalue weighted by atomic mass is 79.9. The maximum atomic E-state index is 5.99. The molecule has 0 amide bonds. The molecule has 2 aromatic carbocycles. The van der Waals surface area contributed by atoms with E-state index in [9.17, 15) is 0 Å². The summed E-state index contributed by atoms with van der Waals surface area (Å²) in [5.74, 6) is 0. The third kappa shape index (κ3) is 3.43. The fourth-order valence-corrected chi connectivity index (χ4v) is 2.84. The van der Waals surface area contributed by atoms with Gasteiger partial charge in [-0.25, -0.2) is 0 Å². The minimum atomic E-state index is 0.155. The third-order valence-electron chi connectivity index (χ3n) is 3.46. The van der Waals surface area contributed by atoms with Crippen LogP contribution in [0.5, 0.6) is 0 Å². The number of likely N-dealkylation sites (N-methyl/N-ethyl adjacent to an activating group) is 1. The van der Waals surface area contributed by atoms with Crippen LogP contribution >= 0.6 is 31.9 Å². The number of nitrogens with zero attached hydrogens (tertiary/aromatic N) is 1. The predicted octanol–water partition coefficient (Wildman–Crippen LogP) is 4.66. The highest BCUT2D eigenvalue weighted by Crippen LogP contribution is 2.30. The normalized spacial score (nSPS) is 12.2. The zero-order valence-electron chi connectivity index (χ0n) is 11.6. The summed E-state index contributed by atoms with van der Waals surface area (Å²) in [5.41, 5.74) is 9.63. The molecule has 0 aliphatic rings. The number of aryl methyl sites for hydroxylation is 1. The van der Waals surface area contributed by atoms with Crippen molar-refractivity contribution in [1.29, 1.82) is 0 Å². The SMILES string of the molecule is Cc1ccc(N(C)C(CN)c2ccc(Br)c(Br)c2)cc1. The van der Waals surface area contributed by atoms with Crippen molar-refractivity contribution in [3.05, 3.63) is 62.5 Å². The van der Waals surface area contributed by atoms with Gasteiger partial charge in [0.25, 0.3) is 0 Å². The zero-order valence-corrected chi connectivity index (χ0v) is 14.8. The lowest BCUT2D eigenvalue weighted by Gasteiger charge is -2.30. The lowest BCUT2D eigenvalue weighted by atomic mass is 10.0. The molecule has 0 spiro atoms. The van der Waals surface area contributed by atoms with Gasteiger partial charge in [0.15, 0.2) is 0 Å². The minimum Gasteiger partial charge on any atom is -0.366 e. The van der Waals surface area contributed by atoms with E-state index in [2.05, 4.69) is 87.1 Å². The molecule has 20 heavy (non-hydrogen) atoms. The van der Waals surface area contributed by atoms with E-state index in [0.29, 0.717) is 6.54 Å². The molecule has 2 N–H and O–H groups in total. The largest absolute Gasteiger partial charge is 0.366 e. The quantitative estimate of drug-likeness (QED) is 0.812. The average molecular weight is 398 g/mol. The number of nitrogens with two attached hydrogens (primary N) is 1. The summed E-state index contributed by atoms with van der Waals surface area (Å²) < 4.78 is 2.10. The number of benzene rings is 2. The highest BCUT2D eigenvalue weighted by molar-refractivity contribution is 9.13. The van der Waals surface area contributed by atoms with Crippen LogP contribution in [0.2, 0.25) is 0 Å². The molecular formula is C16H18Br2N2. The van der Waals surface area contributed by atoms with Gasteiger partial charge in [-0.05, 0) is 68.6 Å². The molecule has 0 heterocycles. The number of anilines is 1. The molecule has 0 aliphatic heterocycles. The third-order valence-corrected chi connectivity index (χ3v) is 5.34. The Balaban J connectivity index is 2.31. The fraction of sp³-hybridized carbons (Fsp3) is 0.250. The minimum absolute atomic E-state index is 0.155. The highest BCUT2D eigenvalue weighted by Gasteiger charge is 2.16. The van der Waals surface area contributed by atoms with E-state index in [0.717, 1.165) is 8.95 Å². The van der Waals surface area contributed by atoms with Gasteiger partial charge in [0.1, 0.15) is 0 Å². The molecule has 0 fully saturated rings. The number of hydrogen-bond donors (Lipinski definition) is 1. The predicted molar refractivity (Wildman–Crippen MR) is 93.2 cm³/mol. The van der Waals surface area contributed by atoms with Gasteiger partial charge in [0, 0.05) is 28.2 Å². The number of rotatable bonds is 4. The molecule has 0 bridgehead atoms. The molecule has 2 rings (SSSR count). The molecule has 4 heteroatoms. The van der Waals surface area contributed by atoms with Crippen molar-refractivity contribution in [2.24, 2.45) is 5.73 Å². The van der Waals surface area contributed by atoms with Crippen LogP contribution in [0, 0.1) is 6.92 Å². The topological polar surface area (TPSA) is 29.3 Å². The Morgan fingerprint density at radius 3 is 2.25 bits per heavy atom. The first-order valence-electron chi connectivity index (χ1n) is 6.47. The Hall–Kier alpha value is -0.840. The van der Waals surface area contributed by atoms with Crippen molar-refractivity contribution in [3.8, 4) is 0 Å². The first-order valence-corrected chi connectivity index (χ1v) is 8.06. The van der Waals surface area contributed by atoms with Gasteiger partial charge in [-0.15, -0.1) is 0 Å². The molecule has 0 saturated carbocycles. The summed E-state index contributed by atoms with van der Waals surface area (Å²) in [6, 6.07) is 14.9. The van der Waals surface area contributed by atoms with Gasteiger partial charge in [0.05, 0.1) is 6.04 Å². The summed E-state index contributed by atoms with van der Waals surface area (Å²) in [5, 5.41) is 0. The van der Waals surface area contributed by atoms with Crippen molar-refractivity contribution >= 4 is 37.5 Å². The Morgan fingerprint density at radius 1 is 1.05 bits per heavy atom. The Kier molecular flexibility index (Phi) is 5.24. The molecule has 1 unspecified atom stereocenters. The second-order valence-corrected chi connectivity index (χ2v) is 6.58.